The Kier molecular flexibility index (Phi) is 2.61. The first-order valence-corrected chi connectivity index (χ1v) is 5.30. The standard InChI is InChI=1S/C11H11BrO2/c1-7(6-13)11-5-8-9(12)3-2-4-10(8)14-11/h2-5,7,13H,6H2,1H3. The van der Waals surface area contributed by atoms with E-state index < -0.39 is 0 Å². The summed E-state index contributed by atoms with van der Waals surface area (Å²) < 4.78 is 6.63. The zero-order chi connectivity index (χ0) is 10.1. The fourth-order valence-electron chi connectivity index (χ4n) is 1.38. The van der Waals surface area contributed by atoms with Gasteiger partial charge in [-0.2, -0.15) is 0 Å². The molecule has 0 amide bonds. The summed E-state index contributed by atoms with van der Waals surface area (Å²) >= 11 is 3.46. The molecule has 0 saturated heterocycles. The Labute approximate surface area is 90.7 Å². The summed E-state index contributed by atoms with van der Waals surface area (Å²) in [5.74, 6) is 0.878. The molecule has 0 aliphatic carbocycles. The molecule has 0 fully saturated rings. The highest BCUT2D eigenvalue weighted by molar-refractivity contribution is 9.10. The average Bonchev–Trinajstić information content (AvgIpc) is 2.62. The van der Waals surface area contributed by atoms with Crippen LogP contribution in [0.1, 0.15) is 18.6 Å². The van der Waals surface area contributed by atoms with Gasteiger partial charge in [0.05, 0.1) is 6.61 Å². The monoisotopic (exact) mass is 254 g/mol. The maximum Gasteiger partial charge on any atom is 0.135 e. The Balaban J connectivity index is 2.56. The quantitative estimate of drug-likeness (QED) is 0.893. The van der Waals surface area contributed by atoms with Gasteiger partial charge in [0.1, 0.15) is 11.3 Å². The Morgan fingerprint density at radius 1 is 1.50 bits per heavy atom. The molecule has 2 nitrogen and oxygen atoms in total. The maximum absolute atomic E-state index is 9.01. The summed E-state index contributed by atoms with van der Waals surface area (Å²) in [4.78, 5) is 0. The molecule has 1 aromatic heterocycles. The summed E-state index contributed by atoms with van der Waals surface area (Å²) in [5.41, 5.74) is 0.856. The number of aliphatic hydroxyl groups is 1. The smallest absolute Gasteiger partial charge is 0.135 e. The molecule has 14 heavy (non-hydrogen) atoms. The molecule has 74 valence electrons. The molecule has 0 saturated carbocycles. The Morgan fingerprint density at radius 2 is 2.29 bits per heavy atom. The molecule has 0 radical (unpaired) electrons. The van der Waals surface area contributed by atoms with E-state index >= 15 is 0 Å². The van der Waals surface area contributed by atoms with Crippen LogP contribution >= 0.6 is 15.9 Å². The van der Waals surface area contributed by atoms with E-state index in [0.717, 1.165) is 21.2 Å². The summed E-state index contributed by atoms with van der Waals surface area (Å²) in [5, 5.41) is 10.1. The van der Waals surface area contributed by atoms with Crippen LogP contribution in [0.3, 0.4) is 0 Å². The van der Waals surface area contributed by atoms with Gasteiger partial charge in [0.15, 0.2) is 0 Å². The van der Waals surface area contributed by atoms with Crippen LogP contribution in [-0.4, -0.2) is 11.7 Å². The minimum Gasteiger partial charge on any atom is -0.461 e. The van der Waals surface area contributed by atoms with Crippen LogP contribution in [0.25, 0.3) is 11.0 Å². The number of benzene rings is 1. The second-order valence-corrected chi connectivity index (χ2v) is 4.24. The second-order valence-electron chi connectivity index (χ2n) is 3.38. The molecule has 1 aromatic carbocycles. The normalized spacial score (nSPS) is 13.4. The Hall–Kier alpha value is -0.800. The Morgan fingerprint density at radius 3 is 2.93 bits per heavy atom. The first-order chi connectivity index (χ1) is 6.72. The number of halogens is 1. The maximum atomic E-state index is 9.01. The minimum atomic E-state index is 0.0503. The van der Waals surface area contributed by atoms with Crippen LogP contribution in [0.15, 0.2) is 33.2 Å². The number of hydrogen-bond acceptors (Lipinski definition) is 2. The molecule has 0 spiro atoms. The SMILES string of the molecule is CC(CO)c1cc2c(Br)cccc2o1. The van der Waals surface area contributed by atoms with Crippen molar-refractivity contribution in [1.82, 2.24) is 0 Å². The molecule has 2 rings (SSSR count). The molecule has 0 aliphatic heterocycles. The van der Waals surface area contributed by atoms with Crippen LogP contribution < -0.4 is 0 Å². The van der Waals surface area contributed by atoms with Crippen molar-refractivity contribution in [3.05, 3.63) is 34.5 Å². The molecular formula is C11H11BrO2. The van der Waals surface area contributed by atoms with Gasteiger partial charge in [-0.1, -0.05) is 28.9 Å². The molecule has 1 N–H and O–H groups in total. The molecule has 1 atom stereocenters. The largest absolute Gasteiger partial charge is 0.461 e. The van der Waals surface area contributed by atoms with Crippen LogP contribution in [0.2, 0.25) is 0 Å². The van der Waals surface area contributed by atoms with Gasteiger partial charge in [-0.3, -0.25) is 0 Å². The average molecular weight is 255 g/mol. The molecule has 1 heterocycles. The van der Waals surface area contributed by atoms with Crippen molar-refractivity contribution in [3.8, 4) is 0 Å². The minimum absolute atomic E-state index is 0.0503. The van der Waals surface area contributed by atoms with E-state index in [9.17, 15) is 0 Å². The first kappa shape index (κ1) is 9.74. The zero-order valence-electron chi connectivity index (χ0n) is 7.83. The van der Waals surface area contributed by atoms with Crippen LogP contribution in [0.4, 0.5) is 0 Å². The van der Waals surface area contributed by atoms with Gasteiger partial charge in [0.25, 0.3) is 0 Å². The third kappa shape index (κ3) is 1.57. The van der Waals surface area contributed by atoms with E-state index in [2.05, 4.69) is 15.9 Å². The van der Waals surface area contributed by atoms with Crippen molar-refractivity contribution in [3.63, 3.8) is 0 Å². The third-order valence-electron chi connectivity index (χ3n) is 2.29. The molecule has 1 unspecified atom stereocenters. The molecule has 0 aliphatic rings. The van der Waals surface area contributed by atoms with Gasteiger partial charge in [0, 0.05) is 15.8 Å². The number of aliphatic hydroxyl groups excluding tert-OH is 1. The Bertz CT molecular complexity index is 447. The highest BCUT2D eigenvalue weighted by Gasteiger charge is 2.11. The van der Waals surface area contributed by atoms with Gasteiger partial charge < -0.3 is 9.52 Å². The van der Waals surface area contributed by atoms with Crippen molar-refractivity contribution >= 4 is 26.9 Å². The van der Waals surface area contributed by atoms with E-state index in [0.29, 0.717) is 0 Å². The van der Waals surface area contributed by atoms with Gasteiger partial charge in [0.2, 0.25) is 0 Å². The zero-order valence-corrected chi connectivity index (χ0v) is 9.41. The van der Waals surface area contributed by atoms with E-state index in [1.54, 1.807) is 0 Å². The van der Waals surface area contributed by atoms with Gasteiger partial charge in [-0.25, -0.2) is 0 Å². The topological polar surface area (TPSA) is 33.4 Å². The predicted octanol–water partition coefficient (Wildman–Crippen LogP) is 3.29. The van der Waals surface area contributed by atoms with Crippen LogP contribution in [-0.2, 0) is 0 Å². The summed E-state index contributed by atoms with van der Waals surface area (Å²) in [6, 6.07) is 7.81. The first-order valence-electron chi connectivity index (χ1n) is 4.51. The van der Waals surface area contributed by atoms with Crippen molar-refractivity contribution < 1.29 is 9.52 Å². The van der Waals surface area contributed by atoms with E-state index in [-0.39, 0.29) is 12.5 Å². The lowest BCUT2D eigenvalue weighted by Crippen LogP contribution is -1.95. The van der Waals surface area contributed by atoms with Crippen LogP contribution in [0.5, 0.6) is 0 Å². The molecular weight excluding hydrogens is 244 g/mol. The van der Waals surface area contributed by atoms with Crippen LogP contribution in [0, 0.1) is 0 Å². The lowest BCUT2D eigenvalue weighted by Gasteiger charge is -2.00. The van der Waals surface area contributed by atoms with E-state index in [1.807, 2.05) is 31.2 Å². The van der Waals surface area contributed by atoms with Crippen molar-refractivity contribution in [1.29, 1.82) is 0 Å². The molecule has 3 heteroatoms. The number of hydrogen-bond donors (Lipinski definition) is 1. The number of rotatable bonds is 2. The summed E-state index contributed by atoms with van der Waals surface area (Å²) in [6.07, 6.45) is 0. The highest BCUT2D eigenvalue weighted by atomic mass is 79.9. The van der Waals surface area contributed by atoms with Crippen molar-refractivity contribution in [2.75, 3.05) is 6.61 Å². The van der Waals surface area contributed by atoms with Crippen molar-refractivity contribution in [2.24, 2.45) is 0 Å². The summed E-state index contributed by atoms with van der Waals surface area (Å²) in [6.45, 7) is 2.04. The number of fused-ring (bicyclic) bond motifs is 1. The lowest BCUT2D eigenvalue weighted by molar-refractivity contribution is 0.259. The lowest BCUT2D eigenvalue weighted by atomic mass is 10.1. The molecule has 0 bridgehead atoms. The third-order valence-corrected chi connectivity index (χ3v) is 2.98. The van der Waals surface area contributed by atoms with Crippen molar-refractivity contribution in [2.45, 2.75) is 12.8 Å². The predicted molar refractivity (Wildman–Crippen MR) is 59.4 cm³/mol. The van der Waals surface area contributed by atoms with E-state index in [4.69, 9.17) is 9.52 Å². The summed E-state index contributed by atoms with van der Waals surface area (Å²) in [7, 11) is 0. The van der Waals surface area contributed by atoms with Gasteiger partial charge >= 0.3 is 0 Å². The highest BCUT2D eigenvalue weighted by Crippen LogP contribution is 2.29. The van der Waals surface area contributed by atoms with Gasteiger partial charge in [-0.05, 0) is 18.2 Å². The fourth-order valence-corrected chi connectivity index (χ4v) is 1.84. The fraction of sp³-hybridized carbons (Fsp3) is 0.273. The van der Waals surface area contributed by atoms with Gasteiger partial charge in [-0.15, -0.1) is 0 Å². The van der Waals surface area contributed by atoms with E-state index in [1.165, 1.54) is 0 Å². The second kappa shape index (κ2) is 3.75. The number of furan rings is 1. The molecule has 2 aromatic rings.